The van der Waals surface area contributed by atoms with Gasteiger partial charge in [0.1, 0.15) is 0 Å². The first-order valence-corrected chi connectivity index (χ1v) is 11.3. The van der Waals surface area contributed by atoms with E-state index < -0.39 is 11.7 Å². The van der Waals surface area contributed by atoms with Gasteiger partial charge in [-0.05, 0) is 37.6 Å². The lowest BCUT2D eigenvalue weighted by molar-refractivity contribution is -0.0878. The zero-order chi connectivity index (χ0) is 22.9. The second-order valence-electron chi connectivity index (χ2n) is 7.34. The molecular weight excluding hydrogens is 423 g/mol. The maximum Gasteiger partial charge on any atom is 0.415 e. The van der Waals surface area contributed by atoms with Gasteiger partial charge in [0.25, 0.3) is 0 Å². The number of benzene rings is 1. The number of hydrogen-bond acceptors (Lipinski definition) is 5. The van der Waals surface area contributed by atoms with Crippen molar-refractivity contribution < 1.29 is 18.3 Å². The van der Waals surface area contributed by atoms with Crippen LogP contribution in [0.1, 0.15) is 20.3 Å². The fourth-order valence-corrected chi connectivity index (χ4v) is 4.35. The Kier molecular flexibility index (Phi) is 10.2. The highest BCUT2D eigenvalue weighted by atomic mass is 32.2. The van der Waals surface area contributed by atoms with Crippen LogP contribution >= 0.6 is 11.8 Å². The smallest absolute Gasteiger partial charge is 0.395 e. The molecule has 8 heteroatoms. The third kappa shape index (κ3) is 7.71. The van der Waals surface area contributed by atoms with Crippen molar-refractivity contribution in [1.82, 2.24) is 10.2 Å². The van der Waals surface area contributed by atoms with Crippen LogP contribution in [0.25, 0.3) is 0 Å². The summed E-state index contributed by atoms with van der Waals surface area (Å²) in [5, 5.41) is 11.8. The third-order valence-electron chi connectivity index (χ3n) is 5.01. The second-order valence-corrected chi connectivity index (χ2v) is 8.43. The predicted octanol–water partition coefficient (Wildman–Crippen LogP) is 4.80. The van der Waals surface area contributed by atoms with E-state index in [1.807, 2.05) is 31.2 Å². The average molecular weight is 456 g/mol. The van der Waals surface area contributed by atoms with Crippen LogP contribution in [0.5, 0.6) is 0 Å². The minimum Gasteiger partial charge on any atom is -0.395 e. The zero-order valence-electron chi connectivity index (χ0n) is 18.2. The topological polar surface area (TPSA) is 38.7 Å². The van der Waals surface area contributed by atoms with E-state index in [0.29, 0.717) is 6.61 Å². The number of thioether (sulfide) groups is 1. The van der Waals surface area contributed by atoms with Gasteiger partial charge in [-0.15, -0.1) is 0 Å². The number of fused-ring (bicyclic) bond motifs is 1. The number of aliphatic hydroxyl groups excluding tert-OH is 1. The first-order chi connectivity index (χ1) is 14.8. The first kappa shape index (κ1) is 25.5. The summed E-state index contributed by atoms with van der Waals surface area (Å²) in [6.07, 6.45) is -0.869. The Bertz CT molecular complexity index is 784. The Morgan fingerprint density at radius 2 is 1.90 bits per heavy atom. The molecule has 3 rings (SSSR count). The van der Waals surface area contributed by atoms with Crippen molar-refractivity contribution in [1.29, 1.82) is 0 Å². The van der Waals surface area contributed by atoms with Crippen LogP contribution in [-0.2, 0) is 0 Å². The molecule has 0 atom stereocenters. The minimum atomic E-state index is -4.38. The molecule has 1 aromatic rings. The number of nitrogens with one attached hydrogen (secondary N) is 1. The van der Waals surface area contributed by atoms with Crippen molar-refractivity contribution in [2.75, 3.05) is 50.8 Å². The molecule has 1 aromatic carbocycles. The van der Waals surface area contributed by atoms with Gasteiger partial charge < -0.3 is 15.3 Å². The second kappa shape index (κ2) is 12.3. The van der Waals surface area contributed by atoms with Gasteiger partial charge >= 0.3 is 6.18 Å². The molecular formula is C23H32F3N3OS. The number of nitrogens with zero attached hydrogens (tertiary/aromatic N) is 2. The number of hydrogen-bond donors (Lipinski definition) is 2. The molecule has 1 fully saturated rings. The summed E-state index contributed by atoms with van der Waals surface area (Å²) >= 11 is 1.49. The number of alkyl halides is 3. The molecule has 0 radical (unpaired) electrons. The number of halogens is 3. The highest BCUT2D eigenvalue weighted by Crippen LogP contribution is 2.44. The van der Waals surface area contributed by atoms with Gasteiger partial charge in [0, 0.05) is 60.3 Å². The van der Waals surface area contributed by atoms with E-state index in [-0.39, 0.29) is 0 Å². The van der Waals surface area contributed by atoms with Crippen LogP contribution in [0, 0.1) is 0 Å². The number of para-hydroxylation sites is 1. The lowest BCUT2D eigenvalue weighted by Crippen LogP contribution is -2.44. The SMILES string of the molecule is C=C(/C=C\C1=C(C)N(CCC)c2ccccc2S1)C(F)(F)F.OCCN1CCNCC1. The van der Waals surface area contributed by atoms with Crippen molar-refractivity contribution in [3.63, 3.8) is 0 Å². The maximum atomic E-state index is 12.6. The quantitative estimate of drug-likeness (QED) is 0.603. The molecule has 31 heavy (non-hydrogen) atoms. The number of piperazine rings is 1. The molecule has 0 amide bonds. The average Bonchev–Trinajstić information content (AvgIpc) is 2.75. The van der Waals surface area contributed by atoms with Crippen molar-refractivity contribution in [2.45, 2.75) is 31.3 Å². The van der Waals surface area contributed by atoms with Crippen molar-refractivity contribution in [2.24, 2.45) is 0 Å². The molecule has 2 heterocycles. The Hall–Kier alpha value is -1.74. The maximum absolute atomic E-state index is 12.6. The molecule has 2 aliphatic rings. The molecule has 2 aliphatic heterocycles. The number of β-amino-alcohol motifs (C(OH)–C–C–N with tert-alkyl or cyclic N) is 1. The summed E-state index contributed by atoms with van der Waals surface area (Å²) in [5.74, 6) is 0. The summed E-state index contributed by atoms with van der Waals surface area (Å²) < 4.78 is 37.7. The Labute approximate surface area is 187 Å². The molecule has 4 nitrogen and oxygen atoms in total. The van der Waals surface area contributed by atoms with E-state index in [2.05, 4.69) is 28.6 Å². The highest BCUT2D eigenvalue weighted by Gasteiger charge is 2.30. The lowest BCUT2D eigenvalue weighted by atomic mass is 10.2. The molecule has 0 unspecified atom stereocenters. The molecule has 0 spiro atoms. The molecule has 0 aromatic heterocycles. The predicted molar refractivity (Wildman–Crippen MR) is 123 cm³/mol. The lowest BCUT2D eigenvalue weighted by Gasteiger charge is -2.32. The first-order valence-electron chi connectivity index (χ1n) is 10.5. The fourth-order valence-electron chi connectivity index (χ4n) is 3.29. The van der Waals surface area contributed by atoms with Crippen molar-refractivity contribution in [3.05, 3.63) is 59.2 Å². The molecule has 1 saturated heterocycles. The highest BCUT2D eigenvalue weighted by molar-refractivity contribution is 8.03. The fraction of sp³-hybridized carbons (Fsp3) is 0.478. The van der Waals surface area contributed by atoms with Crippen LogP contribution < -0.4 is 10.2 Å². The molecule has 0 aliphatic carbocycles. The van der Waals surface area contributed by atoms with Crippen molar-refractivity contribution >= 4 is 17.4 Å². The molecule has 172 valence electrons. The van der Waals surface area contributed by atoms with Gasteiger partial charge in [-0.2, -0.15) is 13.2 Å². The Balaban J connectivity index is 0.000000316. The van der Waals surface area contributed by atoms with E-state index in [9.17, 15) is 13.2 Å². The van der Waals surface area contributed by atoms with Crippen LogP contribution in [0.2, 0.25) is 0 Å². The Morgan fingerprint density at radius 3 is 2.52 bits per heavy atom. The normalized spacial score (nSPS) is 17.4. The van der Waals surface area contributed by atoms with Gasteiger partial charge in [0.2, 0.25) is 0 Å². The number of anilines is 1. The minimum absolute atomic E-state index is 0.292. The zero-order valence-corrected chi connectivity index (χ0v) is 19.0. The van der Waals surface area contributed by atoms with Crippen LogP contribution in [-0.4, -0.2) is 62.1 Å². The number of allylic oxidation sites excluding steroid dienone is 4. The molecule has 2 N–H and O–H groups in total. The van der Waals surface area contributed by atoms with E-state index in [1.54, 1.807) is 0 Å². The van der Waals surface area contributed by atoms with Gasteiger partial charge in [-0.1, -0.05) is 37.4 Å². The summed E-state index contributed by atoms with van der Waals surface area (Å²) in [6, 6.07) is 7.94. The number of aliphatic hydroxyl groups is 1. The number of rotatable bonds is 6. The Morgan fingerprint density at radius 1 is 1.23 bits per heavy atom. The van der Waals surface area contributed by atoms with Crippen LogP contribution in [0.4, 0.5) is 18.9 Å². The van der Waals surface area contributed by atoms with Gasteiger partial charge in [0.15, 0.2) is 0 Å². The standard InChI is InChI=1S/C17H18F3NS.C6H14N2O/c1-4-11-21-13(3)15(10-9-12(2)17(18,19)20)22-16-8-6-5-7-14(16)21;9-6-5-8-3-1-7-2-4-8/h5-10H,2,4,11H2,1,3H3;7,9H,1-6H2/b10-9-;. The van der Waals surface area contributed by atoms with E-state index >= 15 is 0 Å². The molecule has 0 saturated carbocycles. The van der Waals surface area contributed by atoms with Crippen molar-refractivity contribution in [3.8, 4) is 0 Å². The summed E-state index contributed by atoms with van der Waals surface area (Å²) in [6.45, 7) is 13.4. The summed E-state index contributed by atoms with van der Waals surface area (Å²) in [7, 11) is 0. The van der Waals surface area contributed by atoms with Crippen LogP contribution in [0.15, 0.2) is 64.1 Å². The van der Waals surface area contributed by atoms with Gasteiger partial charge in [-0.3, -0.25) is 4.90 Å². The third-order valence-corrected chi connectivity index (χ3v) is 6.23. The summed E-state index contributed by atoms with van der Waals surface area (Å²) in [4.78, 5) is 6.29. The van der Waals surface area contributed by atoms with Crippen LogP contribution in [0.3, 0.4) is 0 Å². The largest absolute Gasteiger partial charge is 0.415 e. The molecule has 0 bridgehead atoms. The summed E-state index contributed by atoms with van der Waals surface area (Å²) in [5.41, 5.74) is 1.24. The van der Waals surface area contributed by atoms with E-state index in [0.717, 1.165) is 73.0 Å². The van der Waals surface area contributed by atoms with E-state index in [4.69, 9.17) is 5.11 Å². The van der Waals surface area contributed by atoms with Gasteiger partial charge in [-0.25, -0.2) is 0 Å². The van der Waals surface area contributed by atoms with E-state index in [1.165, 1.54) is 17.8 Å². The van der Waals surface area contributed by atoms with Gasteiger partial charge in [0.05, 0.1) is 12.3 Å². The monoisotopic (exact) mass is 455 g/mol.